The summed E-state index contributed by atoms with van der Waals surface area (Å²) in [7, 11) is 0. The molecule has 4 aliphatic carbocycles. The van der Waals surface area contributed by atoms with Crippen molar-refractivity contribution >= 4 is 5.69 Å². The second-order valence-electron chi connectivity index (χ2n) is 10.3. The Labute approximate surface area is 184 Å². The molecule has 4 nitrogen and oxygen atoms in total. The van der Waals surface area contributed by atoms with E-state index in [1.807, 2.05) is 13.0 Å². The topological polar surface area (TPSA) is 51.0 Å². The first-order valence-corrected chi connectivity index (χ1v) is 11.9. The van der Waals surface area contributed by atoms with Crippen LogP contribution in [0.2, 0.25) is 0 Å². The lowest BCUT2D eigenvalue weighted by Crippen LogP contribution is -2.47. The van der Waals surface area contributed by atoms with E-state index in [1.54, 1.807) is 11.1 Å². The monoisotopic (exact) mass is 413 g/mol. The zero-order chi connectivity index (χ0) is 20.9. The van der Waals surface area contributed by atoms with Crippen LogP contribution in [0.1, 0.15) is 74.2 Å². The standard InChI is InChI=1S/C27H31N3O/c1-19-29-25(31-30-19)22-3-2-4-24(17-22)28-18-26-11-14-27(15-12-26,16-13-26)23-9-7-21(8-10-23)20-5-6-20/h2-4,7-10,17,20,28H,5-6,11-16,18H2,1H3. The zero-order valence-electron chi connectivity index (χ0n) is 18.4. The van der Waals surface area contributed by atoms with E-state index >= 15 is 0 Å². The van der Waals surface area contributed by atoms with E-state index < -0.39 is 0 Å². The molecule has 1 heterocycles. The van der Waals surface area contributed by atoms with Gasteiger partial charge in [0.25, 0.3) is 5.89 Å². The van der Waals surface area contributed by atoms with Crippen LogP contribution >= 0.6 is 0 Å². The van der Waals surface area contributed by atoms with E-state index in [2.05, 4.69) is 57.9 Å². The SMILES string of the molecule is Cc1noc(-c2cccc(NCC34CCC(c5ccc(C6CC6)cc5)(CC3)CC4)c2)n1. The number of aromatic nitrogens is 2. The highest BCUT2D eigenvalue weighted by Gasteiger charge is 2.49. The number of aryl methyl sites for hydroxylation is 1. The Hall–Kier alpha value is -2.62. The molecule has 2 bridgehead atoms. The third-order valence-corrected chi connectivity index (χ3v) is 8.28. The number of benzene rings is 2. The van der Waals surface area contributed by atoms with Crippen LogP contribution in [0.4, 0.5) is 5.69 Å². The summed E-state index contributed by atoms with van der Waals surface area (Å²) in [6.45, 7) is 2.90. The molecule has 4 fully saturated rings. The summed E-state index contributed by atoms with van der Waals surface area (Å²) in [6.07, 6.45) is 10.7. The Morgan fingerprint density at radius 2 is 1.71 bits per heavy atom. The maximum absolute atomic E-state index is 5.34. The molecule has 0 amide bonds. The average molecular weight is 414 g/mol. The zero-order valence-corrected chi connectivity index (χ0v) is 18.4. The van der Waals surface area contributed by atoms with Crippen LogP contribution in [0.5, 0.6) is 0 Å². The van der Waals surface area contributed by atoms with Gasteiger partial charge in [0.1, 0.15) is 0 Å². The summed E-state index contributed by atoms with van der Waals surface area (Å²) < 4.78 is 5.34. The maximum atomic E-state index is 5.34. The molecule has 0 spiro atoms. The van der Waals surface area contributed by atoms with Gasteiger partial charge in [-0.25, -0.2) is 0 Å². The van der Waals surface area contributed by atoms with Crippen molar-refractivity contribution in [2.75, 3.05) is 11.9 Å². The van der Waals surface area contributed by atoms with Gasteiger partial charge >= 0.3 is 0 Å². The summed E-state index contributed by atoms with van der Waals surface area (Å²) in [5.74, 6) is 2.11. The van der Waals surface area contributed by atoms with Crippen molar-refractivity contribution in [3.05, 3.63) is 65.5 Å². The van der Waals surface area contributed by atoms with E-state index in [1.165, 1.54) is 51.4 Å². The molecule has 3 aromatic rings. The minimum absolute atomic E-state index is 0.430. The van der Waals surface area contributed by atoms with Gasteiger partial charge in [0.05, 0.1) is 0 Å². The molecule has 31 heavy (non-hydrogen) atoms. The van der Waals surface area contributed by atoms with Gasteiger partial charge in [-0.15, -0.1) is 0 Å². The number of hydrogen-bond acceptors (Lipinski definition) is 4. The summed E-state index contributed by atoms with van der Waals surface area (Å²) in [5, 5.41) is 7.65. The molecule has 4 aliphatic rings. The first kappa shape index (κ1) is 19.1. The first-order valence-electron chi connectivity index (χ1n) is 11.9. The first-order chi connectivity index (χ1) is 15.1. The molecule has 4 saturated carbocycles. The van der Waals surface area contributed by atoms with Gasteiger partial charge in [0.15, 0.2) is 5.82 Å². The van der Waals surface area contributed by atoms with Crippen LogP contribution in [0.3, 0.4) is 0 Å². The van der Waals surface area contributed by atoms with E-state index in [0.29, 0.717) is 22.5 Å². The molecule has 4 heteroatoms. The lowest BCUT2D eigenvalue weighted by atomic mass is 9.52. The van der Waals surface area contributed by atoms with Gasteiger partial charge in [-0.2, -0.15) is 4.98 Å². The van der Waals surface area contributed by atoms with E-state index in [0.717, 1.165) is 23.7 Å². The number of nitrogens with one attached hydrogen (secondary N) is 1. The van der Waals surface area contributed by atoms with E-state index in [-0.39, 0.29) is 0 Å². The van der Waals surface area contributed by atoms with Crippen molar-refractivity contribution in [2.45, 2.75) is 69.6 Å². The summed E-state index contributed by atoms with van der Waals surface area (Å²) in [5.41, 5.74) is 6.14. The molecule has 0 unspecified atom stereocenters. The van der Waals surface area contributed by atoms with Crippen molar-refractivity contribution in [3.63, 3.8) is 0 Å². The summed E-state index contributed by atoms with van der Waals surface area (Å²) in [6, 6.07) is 18.1. The van der Waals surface area contributed by atoms with E-state index in [9.17, 15) is 0 Å². The Balaban J connectivity index is 1.12. The molecule has 0 saturated heterocycles. The summed E-state index contributed by atoms with van der Waals surface area (Å²) in [4.78, 5) is 4.36. The summed E-state index contributed by atoms with van der Waals surface area (Å²) >= 11 is 0. The number of fused-ring (bicyclic) bond motifs is 3. The highest BCUT2D eigenvalue weighted by Crippen LogP contribution is 2.58. The number of anilines is 1. The molecule has 160 valence electrons. The minimum Gasteiger partial charge on any atom is -0.384 e. The normalized spacial score (nSPS) is 27.4. The van der Waals surface area contributed by atoms with Crippen molar-refractivity contribution < 1.29 is 4.52 Å². The fraction of sp³-hybridized carbons (Fsp3) is 0.481. The second kappa shape index (κ2) is 7.22. The third kappa shape index (κ3) is 3.56. The van der Waals surface area contributed by atoms with Crippen molar-refractivity contribution in [1.82, 2.24) is 10.1 Å². The molecule has 1 aromatic heterocycles. The van der Waals surface area contributed by atoms with Crippen LogP contribution in [-0.2, 0) is 5.41 Å². The van der Waals surface area contributed by atoms with Gasteiger partial charge < -0.3 is 9.84 Å². The molecule has 0 atom stereocenters. The molecule has 1 N–H and O–H groups in total. The molecule has 0 radical (unpaired) electrons. The molecule has 0 aliphatic heterocycles. The van der Waals surface area contributed by atoms with Crippen molar-refractivity contribution in [3.8, 4) is 11.5 Å². The Bertz CT molecular complexity index is 1060. The molecular formula is C27H31N3O. The Morgan fingerprint density at radius 3 is 2.35 bits per heavy atom. The number of nitrogens with zero attached hydrogens (tertiary/aromatic N) is 2. The van der Waals surface area contributed by atoms with Crippen LogP contribution in [0, 0.1) is 12.3 Å². The lowest BCUT2D eigenvalue weighted by molar-refractivity contribution is 0.0506. The van der Waals surface area contributed by atoms with Crippen LogP contribution in [0.25, 0.3) is 11.5 Å². The number of hydrogen-bond donors (Lipinski definition) is 1. The maximum Gasteiger partial charge on any atom is 0.257 e. The lowest BCUT2D eigenvalue weighted by Gasteiger charge is -2.54. The molecule has 2 aromatic carbocycles. The number of rotatable bonds is 6. The van der Waals surface area contributed by atoms with Gasteiger partial charge in [-0.3, -0.25) is 0 Å². The predicted molar refractivity (Wildman–Crippen MR) is 123 cm³/mol. The van der Waals surface area contributed by atoms with Crippen molar-refractivity contribution in [1.29, 1.82) is 0 Å². The van der Waals surface area contributed by atoms with E-state index in [4.69, 9.17) is 4.52 Å². The van der Waals surface area contributed by atoms with Gasteiger partial charge in [-0.05, 0) is 104 Å². The van der Waals surface area contributed by atoms with Crippen LogP contribution in [-0.4, -0.2) is 16.7 Å². The smallest absolute Gasteiger partial charge is 0.257 e. The molecule has 7 rings (SSSR count). The predicted octanol–water partition coefficient (Wildman–Crippen LogP) is 6.63. The van der Waals surface area contributed by atoms with Crippen LogP contribution < -0.4 is 5.32 Å². The Morgan fingerprint density at radius 1 is 0.968 bits per heavy atom. The second-order valence-corrected chi connectivity index (χ2v) is 10.3. The fourth-order valence-electron chi connectivity index (χ4n) is 5.95. The molecular weight excluding hydrogens is 382 g/mol. The van der Waals surface area contributed by atoms with Gasteiger partial charge in [0, 0.05) is 17.8 Å². The average Bonchev–Trinajstić information content (AvgIpc) is 3.59. The largest absolute Gasteiger partial charge is 0.384 e. The van der Waals surface area contributed by atoms with Crippen molar-refractivity contribution in [2.24, 2.45) is 5.41 Å². The van der Waals surface area contributed by atoms with Crippen LogP contribution in [0.15, 0.2) is 53.1 Å². The highest BCUT2D eigenvalue weighted by atomic mass is 16.5. The third-order valence-electron chi connectivity index (χ3n) is 8.28. The quantitative estimate of drug-likeness (QED) is 0.493. The van der Waals surface area contributed by atoms with Gasteiger partial charge in [-0.1, -0.05) is 35.5 Å². The highest BCUT2D eigenvalue weighted by molar-refractivity contribution is 5.61. The Kier molecular flexibility index (Phi) is 4.45. The fourth-order valence-corrected chi connectivity index (χ4v) is 5.95. The minimum atomic E-state index is 0.430. The van der Waals surface area contributed by atoms with Gasteiger partial charge in [0.2, 0.25) is 0 Å².